The van der Waals surface area contributed by atoms with Crippen molar-refractivity contribution < 1.29 is 9.53 Å². The van der Waals surface area contributed by atoms with Gasteiger partial charge in [0, 0.05) is 25.0 Å². The van der Waals surface area contributed by atoms with E-state index in [2.05, 4.69) is 4.98 Å². The number of carbonyl (C=O) groups is 1. The van der Waals surface area contributed by atoms with Crippen molar-refractivity contribution in [3.8, 4) is 5.75 Å². The quantitative estimate of drug-likeness (QED) is 0.809. The molecule has 0 aliphatic carbocycles. The van der Waals surface area contributed by atoms with Crippen LogP contribution < -0.4 is 9.64 Å². The van der Waals surface area contributed by atoms with Crippen LogP contribution >= 0.6 is 11.6 Å². The van der Waals surface area contributed by atoms with Crippen LogP contribution in [0.3, 0.4) is 0 Å². The van der Waals surface area contributed by atoms with E-state index in [0.29, 0.717) is 11.3 Å². The van der Waals surface area contributed by atoms with Gasteiger partial charge in [-0.15, -0.1) is 0 Å². The average molecular weight is 277 g/mol. The highest BCUT2D eigenvalue weighted by Gasteiger charge is 2.17. The zero-order valence-electron chi connectivity index (χ0n) is 10.6. The number of anilines is 1. The number of hydrogen-bond acceptors (Lipinski definition) is 3. The molecule has 1 aromatic heterocycles. The summed E-state index contributed by atoms with van der Waals surface area (Å²) in [7, 11) is 3.26. The van der Waals surface area contributed by atoms with Gasteiger partial charge in [-0.25, -0.2) is 4.98 Å². The smallest absolute Gasteiger partial charge is 0.261 e. The van der Waals surface area contributed by atoms with Crippen LogP contribution in [0.25, 0.3) is 0 Å². The Hall–Kier alpha value is -2.07. The fourth-order valence-corrected chi connectivity index (χ4v) is 1.86. The summed E-state index contributed by atoms with van der Waals surface area (Å²) in [4.78, 5) is 17.7. The fraction of sp³-hybridized carbons (Fsp3) is 0.143. The van der Waals surface area contributed by atoms with Crippen molar-refractivity contribution >= 4 is 23.2 Å². The Morgan fingerprint density at radius 3 is 2.79 bits per heavy atom. The number of benzene rings is 1. The molecule has 0 bridgehead atoms. The van der Waals surface area contributed by atoms with E-state index in [9.17, 15) is 4.79 Å². The van der Waals surface area contributed by atoms with Gasteiger partial charge >= 0.3 is 0 Å². The molecule has 2 aromatic rings. The monoisotopic (exact) mass is 276 g/mol. The molecule has 0 aliphatic rings. The number of carbonyl (C=O) groups excluding carboxylic acids is 1. The molecule has 1 amide bonds. The molecule has 5 heteroatoms. The van der Waals surface area contributed by atoms with Crippen molar-refractivity contribution in [1.29, 1.82) is 0 Å². The molecule has 0 unspecified atom stereocenters. The minimum absolute atomic E-state index is 0.197. The first-order chi connectivity index (χ1) is 9.13. The van der Waals surface area contributed by atoms with Crippen LogP contribution in [0.4, 0.5) is 5.69 Å². The predicted molar refractivity (Wildman–Crippen MR) is 75.0 cm³/mol. The number of rotatable bonds is 3. The minimum Gasteiger partial charge on any atom is -0.497 e. The summed E-state index contributed by atoms with van der Waals surface area (Å²) in [6, 6.07) is 10.6. The maximum Gasteiger partial charge on any atom is 0.261 e. The lowest BCUT2D eigenvalue weighted by molar-refractivity contribution is 0.0993. The van der Waals surface area contributed by atoms with E-state index in [1.165, 1.54) is 4.90 Å². The lowest BCUT2D eigenvalue weighted by Crippen LogP contribution is -2.26. The summed E-state index contributed by atoms with van der Waals surface area (Å²) in [5.41, 5.74) is 1.10. The van der Waals surface area contributed by atoms with E-state index in [1.54, 1.807) is 38.6 Å². The summed E-state index contributed by atoms with van der Waals surface area (Å²) < 4.78 is 5.14. The third kappa shape index (κ3) is 2.85. The molecule has 2 rings (SSSR count). The molecule has 0 N–H and O–H groups in total. The highest BCUT2D eigenvalue weighted by molar-refractivity contribution is 6.33. The Morgan fingerprint density at radius 2 is 2.11 bits per heavy atom. The third-order valence-corrected chi connectivity index (χ3v) is 3.04. The van der Waals surface area contributed by atoms with Crippen LogP contribution in [0.15, 0.2) is 42.6 Å². The van der Waals surface area contributed by atoms with Crippen LogP contribution in [0, 0.1) is 0 Å². The van der Waals surface area contributed by atoms with Crippen molar-refractivity contribution in [2.24, 2.45) is 0 Å². The molecule has 19 heavy (non-hydrogen) atoms. The molecule has 1 heterocycles. The Labute approximate surface area is 116 Å². The van der Waals surface area contributed by atoms with E-state index in [1.807, 2.05) is 18.2 Å². The van der Waals surface area contributed by atoms with Gasteiger partial charge in [0.2, 0.25) is 0 Å². The highest BCUT2D eigenvalue weighted by atomic mass is 35.5. The molecule has 0 saturated heterocycles. The van der Waals surface area contributed by atoms with Crippen LogP contribution in [0.2, 0.25) is 5.15 Å². The third-order valence-electron chi connectivity index (χ3n) is 2.73. The van der Waals surface area contributed by atoms with Gasteiger partial charge in [0.15, 0.2) is 0 Å². The summed E-state index contributed by atoms with van der Waals surface area (Å²) in [6.45, 7) is 0. The van der Waals surface area contributed by atoms with E-state index in [4.69, 9.17) is 16.3 Å². The zero-order chi connectivity index (χ0) is 13.8. The Bertz CT molecular complexity index is 602. The maximum atomic E-state index is 12.3. The summed E-state index contributed by atoms with van der Waals surface area (Å²) in [5.74, 6) is 0.473. The SMILES string of the molecule is COc1cccc(N(C)C(=O)c2cccnc2Cl)c1. The molecule has 0 saturated carbocycles. The van der Waals surface area contributed by atoms with Crippen LogP contribution in [0.1, 0.15) is 10.4 Å². The molecule has 0 radical (unpaired) electrons. The van der Waals surface area contributed by atoms with Crippen molar-refractivity contribution in [1.82, 2.24) is 4.98 Å². The largest absolute Gasteiger partial charge is 0.497 e. The van der Waals surface area contributed by atoms with Crippen LogP contribution in [-0.4, -0.2) is 25.0 Å². The molecule has 0 spiro atoms. The lowest BCUT2D eigenvalue weighted by Gasteiger charge is -2.18. The zero-order valence-corrected chi connectivity index (χ0v) is 11.4. The number of pyridine rings is 1. The van der Waals surface area contributed by atoms with Gasteiger partial charge < -0.3 is 9.64 Å². The number of ether oxygens (including phenoxy) is 1. The maximum absolute atomic E-state index is 12.3. The first-order valence-electron chi connectivity index (χ1n) is 5.66. The molecule has 4 nitrogen and oxygen atoms in total. The molecule has 0 aliphatic heterocycles. The number of aromatic nitrogens is 1. The number of amides is 1. The van der Waals surface area contributed by atoms with Crippen molar-refractivity contribution in [2.75, 3.05) is 19.1 Å². The Morgan fingerprint density at radius 1 is 1.32 bits per heavy atom. The molecule has 0 fully saturated rings. The molecule has 0 atom stereocenters. The highest BCUT2D eigenvalue weighted by Crippen LogP contribution is 2.22. The standard InChI is InChI=1S/C14H13ClN2O2/c1-17(10-5-3-6-11(9-10)19-2)14(18)12-7-4-8-16-13(12)15/h3-9H,1-2H3. The summed E-state index contributed by atoms with van der Waals surface area (Å²) >= 11 is 5.93. The normalized spacial score (nSPS) is 10.1. The second kappa shape index (κ2) is 5.71. The molecular weight excluding hydrogens is 264 g/mol. The van der Waals surface area contributed by atoms with Gasteiger partial charge in [0.25, 0.3) is 5.91 Å². The van der Waals surface area contributed by atoms with Gasteiger partial charge in [-0.3, -0.25) is 4.79 Å². The van der Waals surface area contributed by atoms with Crippen molar-refractivity contribution in [2.45, 2.75) is 0 Å². The van der Waals surface area contributed by atoms with Crippen LogP contribution in [-0.2, 0) is 0 Å². The average Bonchev–Trinajstić information content (AvgIpc) is 2.46. The number of hydrogen-bond donors (Lipinski definition) is 0. The fourth-order valence-electron chi connectivity index (χ4n) is 1.66. The topological polar surface area (TPSA) is 42.4 Å². The van der Waals surface area contributed by atoms with Gasteiger partial charge in [-0.1, -0.05) is 17.7 Å². The van der Waals surface area contributed by atoms with Crippen molar-refractivity contribution in [3.63, 3.8) is 0 Å². The Balaban J connectivity index is 2.31. The van der Waals surface area contributed by atoms with E-state index in [-0.39, 0.29) is 11.1 Å². The number of methoxy groups -OCH3 is 1. The lowest BCUT2D eigenvalue weighted by atomic mass is 10.2. The number of halogens is 1. The van der Waals surface area contributed by atoms with Crippen molar-refractivity contribution in [3.05, 3.63) is 53.3 Å². The van der Waals surface area contributed by atoms with E-state index >= 15 is 0 Å². The second-order valence-corrected chi connectivity index (χ2v) is 4.27. The minimum atomic E-state index is -0.216. The van der Waals surface area contributed by atoms with Gasteiger partial charge in [0.1, 0.15) is 10.9 Å². The predicted octanol–water partition coefficient (Wildman–Crippen LogP) is 3.02. The Kier molecular flexibility index (Phi) is 4.02. The number of nitrogens with zero attached hydrogens (tertiary/aromatic N) is 2. The molecular formula is C14H13ClN2O2. The van der Waals surface area contributed by atoms with Gasteiger partial charge in [-0.05, 0) is 24.3 Å². The van der Waals surface area contributed by atoms with Gasteiger partial charge in [-0.2, -0.15) is 0 Å². The molecule has 1 aromatic carbocycles. The first-order valence-corrected chi connectivity index (χ1v) is 6.04. The summed E-state index contributed by atoms with van der Waals surface area (Å²) in [5, 5.41) is 0.197. The van der Waals surface area contributed by atoms with E-state index in [0.717, 1.165) is 5.69 Å². The van der Waals surface area contributed by atoms with Crippen LogP contribution in [0.5, 0.6) is 5.75 Å². The second-order valence-electron chi connectivity index (χ2n) is 3.91. The molecule has 98 valence electrons. The van der Waals surface area contributed by atoms with E-state index < -0.39 is 0 Å². The summed E-state index contributed by atoms with van der Waals surface area (Å²) in [6.07, 6.45) is 1.55. The van der Waals surface area contributed by atoms with Gasteiger partial charge in [0.05, 0.1) is 12.7 Å². The first kappa shape index (κ1) is 13.4.